The molecule has 0 atom stereocenters. The summed E-state index contributed by atoms with van der Waals surface area (Å²) in [6, 6.07) is 11.9. The number of carbonyl (C=O) groups is 1. The Bertz CT molecular complexity index is 1070. The summed E-state index contributed by atoms with van der Waals surface area (Å²) in [5.74, 6) is -0.703. The van der Waals surface area contributed by atoms with Crippen LogP contribution in [-0.2, 0) is 6.18 Å². The fourth-order valence-electron chi connectivity index (χ4n) is 2.27. The summed E-state index contributed by atoms with van der Waals surface area (Å²) >= 11 is 0.671. The lowest BCUT2D eigenvalue weighted by atomic mass is 10.2. The molecular formula is C18H12F3N5OS. The van der Waals surface area contributed by atoms with E-state index >= 15 is 0 Å². The predicted octanol–water partition coefficient (Wildman–Crippen LogP) is 4.73. The first-order valence-corrected chi connectivity index (χ1v) is 8.73. The molecular weight excluding hydrogens is 391 g/mol. The second-order valence-electron chi connectivity index (χ2n) is 5.66. The van der Waals surface area contributed by atoms with E-state index < -0.39 is 17.8 Å². The number of thiazole rings is 1. The zero-order valence-corrected chi connectivity index (χ0v) is 15.1. The third-order valence-electron chi connectivity index (χ3n) is 3.54. The highest BCUT2D eigenvalue weighted by Crippen LogP contribution is 2.32. The van der Waals surface area contributed by atoms with Crippen molar-refractivity contribution in [2.24, 2.45) is 0 Å². The van der Waals surface area contributed by atoms with Gasteiger partial charge in [-0.15, -0.1) is 11.3 Å². The summed E-state index contributed by atoms with van der Waals surface area (Å²) in [5, 5.41) is 15.0. The first kappa shape index (κ1) is 19.3. The number of pyridine rings is 1. The third kappa shape index (κ3) is 4.44. The number of carbonyl (C=O) groups excluding carboxylic acids is 1. The lowest BCUT2D eigenvalue weighted by molar-refractivity contribution is -0.140. The van der Waals surface area contributed by atoms with Crippen LogP contribution in [0.3, 0.4) is 0 Å². The van der Waals surface area contributed by atoms with Crippen molar-refractivity contribution in [3.05, 3.63) is 64.4 Å². The van der Waals surface area contributed by atoms with Crippen molar-refractivity contribution >= 4 is 33.8 Å². The summed E-state index contributed by atoms with van der Waals surface area (Å²) in [7, 11) is 0. The SMILES string of the molecule is Cc1ccc(Nc2cccc(C#N)c2)c(C(=O)Nc2nc(C(F)(F)F)cs2)n1. The number of rotatable bonds is 4. The second-order valence-corrected chi connectivity index (χ2v) is 6.51. The van der Waals surface area contributed by atoms with Gasteiger partial charge in [0.15, 0.2) is 16.5 Å². The molecule has 142 valence electrons. The normalized spacial score (nSPS) is 11.0. The van der Waals surface area contributed by atoms with Crippen LogP contribution < -0.4 is 10.6 Å². The predicted molar refractivity (Wildman–Crippen MR) is 98.5 cm³/mol. The van der Waals surface area contributed by atoms with Gasteiger partial charge in [0.1, 0.15) is 0 Å². The molecule has 0 bridgehead atoms. The van der Waals surface area contributed by atoms with E-state index in [0.717, 1.165) is 5.38 Å². The Morgan fingerprint density at radius 2 is 2.00 bits per heavy atom. The van der Waals surface area contributed by atoms with E-state index in [2.05, 4.69) is 20.6 Å². The molecule has 0 aliphatic rings. The molecule has 0 saturated heterocycles. The topological polar surface area (TPSA) is 90.7 Å². The maximum atomic E-state index is 12.7. The molecule has 0 unspecified atom stereocenters. The van der Waals surface area contributed by atoms with Crippen molar-refractivity contribution in [1.29, 1.82) is 5.26 Å². The zero-order valence-electron chi connectivity index (χ0n) is 14.3. The van der Waals surface area contributed by atoms with Crippen LogP contribution >= 0.6 is 11.3 Å². The number of halogens is 3. The fourth-order valence-corrected chi connectivity index (χ4v) is 2.98. The van der Waals surface area contributed by atoms with E-state index in [0.29, 0.717) is 34.0 Å². The molecule has 0 fully saturated rings. The maximum absolute atomic E-state index is 12.7. The van der Waals surface area contributed by atoms with Crippen molar-refractivity contribution in [3.8, 4) is 6.07 Å². The highest BCUT2D eigenvalue weighted by Gasteiger charge is 2.34. The van der Waals surface area contributed by atoms with Gasteiger partial charge in [-0.2, -0.15) is 18.4 Å². The van der Waals surface area contributed by atoms with Gasteiger partial charge in [0, 0.05) is 16.8 Å². The molecule has 2 heterocycles. The minimum Gasteiger partial charge on any atom is -0.354 e. The van der Waals surface area contributed by atoms with Gasteiger partial charge in [0.25, 0.3) is 5.91 Å². The number of nitrogens with zero attached hydrogens (tertiary/aromatic N) is 3. The Hall–Kier alpha value is -3.45. The summed E-state index contributed by atoms with van der Waals surface area (Å²) in [6.07, 6.45) is -4.58. The van der Waals surface area contributed by atoms with E-state index in [1.54, 1.807) is 43.3 Å². The van der Waals surface area contributed by atoms with E-state index in [-0.39, 0.29) is 10.8 Å². The minimum absolute atomic E-state index is 0.00822. The molecule has 6 nitrogen and oxygen atoms in total. The Morgan fingerprint density at radius 1 is 1.21 bits per heavy atom. The van der Waals surface area contributed by atoms with Crippen LogP contribution in [-0.4, -0.2) is 15.9 Å². The molecule has 28 heavy (non-hydrogen) atoms. The van der Waals surface area contributed by atoms with E-state index in [9.17, 15) is 18.0 Å². The molecule has 2 aromatic heterocycles. The average Bonchev–Trinajstić information content (AvgIpc) is 3.12. The number of aromatic nitrogens is 2. The van der Waals surface area contributed by atoms with Gasteiger partial charge in [-0.05, 0) is 37.3 Å². The van der Waals surface area contributed by atoms with Gasteiger partial charge in [0.2, 0.25) is 0 Å². The van der Waals surface area contributed by atoms with Crippen LogP contribution in [0.15, 0.2) is 41.8 Å². The number of aryl methyl sites for hydroxylation is 1. The van der Waals surface area contributed by atoms with Crippen molar-refractivity contribution in [1.82, 2.24) is 9.97 Å². The van der Waals surface area contributed by atoms with Crippen LogP contribution in [0.5, 0.6) is 0 Å². The van der Waals surface area contributed by atoms with Crippen LogP contribution in [0.2, 0.25) is 0 Å². The van der Waals surface area contributed by atoms with Crippen molar-refractivity contribution in [2.45, 2.75) is 13.1 Å². The molecule has 2 N–H and O–H groups in total. The van der Waals surface area contributed by atoms with Gasteiger partial charge in [-0.1, -0.05) is 6.07 Å². The number of benzene rings is 1. The van der Waals surface area contributed by atoms with Crippen molar-refractivity contribution < 1.29 is 18.0 Å². The highest BCUT2D eigenvalue weighted by molar-refractivity contribution is 7.14. The van der Waals surface area contributed by atoms with Gasteiger partial charge in [0.05, 0.1) is 17.3 Å². The van der Waals surface area contributed by atoms with Crippen LogP contribution in [0.25, 0.3) is 0 Å². The Morgan fingerprint density at radius 3 is 2.68 bits per heavy atom. The van der Waals surface area contributed by atoms with Crippen molar-refractivity contribution in [3.63, 3.8) is 0 Å². The largest absolute Gasteiger partial charge is 0.434 e. The quantitative estimate of drug-likeness (QED) is 0.657. The Balaban J connectivity index is 1.86. The van der Waals surface area contributed by atoms with Gasteiger partial charge in [-0.3, -0.25) is 10.1 Å². The minimum atomic E-state index is -4.58. The first-order valence-electron chi connectivity index (χ1n) is 7.85. The molecule has 3 aromatic rings. The van der Waals surface area contributed by atoms with Crippen LogP contribution in [0, 0.1) is 18.3 Å². The van der Waals surface area contributed by atoms with Crippen LogP contribution in [0.4, 0.5) is 29.7 Å². The molecule has 1 aromatic carbocycles. The molecule has 0 aliphatic heterocycles. The number of alkyl halides is 3. The fraction of sp³-hybridized carbons (Fsp3) is 0.111. The van der Waals surface area contributed by atoms with E-state index in [1.807, 2.05) is 6.07 Å². The number of hydrogen-bond acceptors (Lipinski definition) is 6. The summed E-state index contributed by atoms with van der Waals surface area (Å²) in [4.78, 5) is 20.1. The molecule has 0 saturated carbocycles. The van der Waals surface area contributed by atoms with Gasteiger partial charge in [-0.25, -0.2) is 9.97 Å². The molecule has 0 aliphatic carbocycles. The Labute approximate surface area is 161 Å². The molecule has 10 heteroatoms. The molecule has 0 radical (unpaired) electrons. The summed E-state index contributed by atoms with van der Waals surface area (Å²) < 4.78 is 38.0. The first-order chi connectivity index (χ1) is 13.3. The standard InChI is InChI=1S/C18H12F3N5OS/c1-10-5-6-13(24-12-4-2-3-11(7-12)8-22)15(23-10)16(27)26-17-25-14(9-28-17)18(19,20)21/h2-7,9,24H,1H3,(H,25,26,27). The average molecular weight is 403 g/mol. The number of nitriles is 1. The molecule has 3 rings (SSSR count). The summed E-state index contributed by atoms with van der Waals surface area (Å²) in [5.41, 5.74) is 0.802. The lowest BCUT2D eigenvalue weighted by Gasteiger charge is -2.12. The Kier molecular flexibility index (Phi) is 5.28. The smallest absolute Gasteiger partial charge is 0.354 e. The second kappa shape index (κ2) is 7.66. The highest BCUT2D eigenvalue weighted by atomic mass is 32.1. The maximum Gasteiger partial charge on any atom is 0.434 e. The molecule has 0 spiro atoms. The van der Waals surface area contributed by atoms with E-state index in [1.165, 1.54) is 0 Å². The number of anilines is 3. The third-order valence-corrected chi connectivity index (χ3v) is 4.29. The molecule has 1 amide bonds. The number of amides is 1. The van der Waals surface area contributed by atoms with Crippen molar-refractivity contribution in [2.75, 3.05) is 10.6 Å². The van der Waals surface area contributed by atoms with E-state index in [4.69, 9.17) is 5.26 Å². The monoisotopic (exact) mass is 403 g/mol. The number of nitrogens with one attached hydrogen (secondary N) is 2. The van der Waals surface area contributed by atoms with Crippen LogP contribution in [0.1, 0.15) is 27.4 Å². The van der Waals surface area contributed by atoms with Gasteiger partial charge < -0.3 is 5.32 Å². The zero-order chi connectivity index (χ0) is 20.3. The lowest BCUT2D eigenvalue weighted by Crippen LogP contribution is -2.16. The van der Waals surface area contributed by atoms with Gasteiger partial charge >= 0.3 is 6.18 Å². The summed E-state index contributed by atoms with van der Waals surface area (Å²) in [6.45, 7) is 1.68. The number of hydrogen-bond donors (Lipinski definition) is 2.